The predicted molar refractivity (Wildman–Crippen MR) is 73.1 cm³/mol. The van der Waals surface area contributed by atoms with Crippen LogP contribution in [-0.2, 0) is 17.9 Å². The Morgan fingerprint density at radius 1 is 1.32 bits per heavy atom. The molecular formula is C15H15N3O. The summed E-state index contributed by atoms with van der Waals surface area (Å²) in [6.07, 6.45) is 1.90. The van der Waals surface area contributed by atoms with Gasteiger partial charge in [0.2, 0.25) is 0 Å². The quantitative estimate of drug-likeness (QED) is 0.841. The van der Waals surface area contributed by atoms with E-state index in [1.54, 1.807) is 6.92 Å². The van der Waals surface area contributed by atoms with Gasteiger partial charge < -0.3 is 5.32 Å². The van der Waals surface area contributed by atoms with Gasteiger partial charge in [0.05, 0.1) is 18.8 Å². The Kier molecular flexibility index (Phi) is 4.35. The van der Waals surface area contributed by atoms with Crippen LogP contribution in [0.5, 0.6) is 0 Å². The van der Waals surface area contributed by atoms with Gasteiger partial charge in [-0.2, -0.15) is 5.10 Å². The summed E-state index contributed by atoms with van der Waals surface area (Å²) in [5.41, 5.74) is 2.01. The molecule has 0 aliphatic rings. The van der Waals surface area contributed by atoms with Crippen molar-refractivity contribution >= 4 is 5.91 Å². The van der Waals surface area contributed by atoms with E-state index in [-0.39, 0.29) is 5.91 Å². The van der Waals surface area contributed by atoms with E-state index in [0.717, 1.165) is 12.2 Å². The van der Waals surface area contributed by atoms with Gasteiger partial charge >= 0.3 is 0 Å². The molecule has 0 atom stereocenters. The Bertz CT molecular complexity index is 605. The van der Waals surface area contributed by atoms with Gasteiger partial charge in [-0.3, -0.25) is 9.48 Å². The van der Waals surface area contributed by atoms with Gasteiger partial charge in [-0.25, -0.2) is 0 Å². The lowest BCUT2D eigenvalue weighted by molar-refractivity contribution is -0.115. The molecule has 0 bridgehead atoms. The first-order valence-corrected chi connectivity index (χ1v) is 6.05. The van der Waals surface area contributed by atoms with Crippen molar-refractivity contribution < 1.29 is 4.79 Å². The van der Waals surface area contributed by atoms with Crippen molar-refractivity contribution in [2.45, 2.75) is 20.0 Å². The molecular weight excluding hydrogens is 238 g/mol. The van der Waals surface area contributed by atoms with E-state index in [0.29, 0.717) is 6.54 Å². The third-order valence-electron chi connectivity index (χ3n) is 2.55. The number of nitrogens with one attached hydrogen (secondary N) is 1. The largest absolute Gasteiger partial charge is 0.340 e. The summed E-state index contributed by atoms with van der Waals surface area (Å²) in [5.74, 6) is 4.70. The molecule has 1 heterocycles. The van der Waals surface area contributed by atoms with E-state index in [9.17, 15) is 4.79 Å². The molecule has 1 N–H and O–H groups in total. The first-order chi connectivity index (χ1) is 9.28. The van der Waals surface area contributed by atoms with Crippen LogP contribution in [0.25, 0.3) is 0 Å². The lowest BCUT2D eigenvalue weighted by Gasteiger charge is -2.01. The Balaban J connectivity index is 1.92. The molecule has 0 radical (unpaired) electrons. The van der Waals surface area contributed by atoms with Crippen molar-refractivity contribution in [2.24, 2.45) is 0 Å². The zero-order chi connectivity index (χ0) is 13.5. The summed E-state index contributed by atoms with van der Waals surface area (Å²) in [4.78, 5) is 11.2. The van der Waals surface area contributed by atoms with Crippen LogP contribution in [0, 0.1) is 11.8 Å². The van der Waals surface area contributed by atoms with Crippen LogP contribution in [0.3, 0.4) is 0 Å². The van der Waals surface area contributed by atoms with E-state index in [1.165, 1.54) is 5.56 Å². The minimum atomic E-state index is -0.278. The molecule has 0 unspecified atom stereocenters. The average Bonchev–Trinajstić information content (AvgIpc) is 2.86. The molecule has 4 heteroatoms. The monoisotopic (exact) mass is 253 g/mol. The van der Waals surface area contributed by atoms with Crippen LogP contribution in [0.1, 0.15) is 18.2 Å². The highest BCUT2D eigenvalue weighted by Gasteiger charge is 2.01. The third kappa shape index (κ3) is 4.00. The topological polar surface area (TPSA) is 46.9 Å². The second-order valence-electron chi connectivity index (χ2n) is 4.05. The van der Waals surface area contributed by atoms with Crippen LogP contribution < -0.4 is 5.32 Å². The van der Waals surface area contributed by atoms with Crippen LogP contribution >= 0.6 is 0 Å². The van der Waals surface area contributed by atoms with E-state index in [2.05, 4.69) is 34.4 Å². The maximum atomic E-state index is 11.2. The molecule has 96 valence electrons. The standard InChI is InChI=1S/C15H15N3O/c1-2-6-15(19)16-11-14-9-10-18(17-14)12-13-7-4-3-5-8-13/h3-5,7-10H,11-12H2,1H3,(H,16,19). The SMILES string of the molecule is CC#CC(=O)NCc1ccn(Cc2ccccc2)n1. The number of carbonyl (C=O) groups excluding carboxylic acids is 1. The molecule has 0 aliphatic carbocycles. The van der Waals surface area contributed by atoms with Crippen LogP contribution in [0.2, 0.25) is 0 Å². The predicted octanol–water partition coefficient (Wildman–Crippen LogP) is 1.57. The maximum Gasteiger partial charge on any atom is 0.296 e. The molecule has 19 heavy (non-hydrogen) atoms. The smallest absolute Gasteiger partial charge is 0.296 e. The van der Waals surface area contributed by atoms with Crippen molar-refractivity contribution in [2.75, 3.05) is 0 Å². The molecule has 0 saturated heterocycles. The van der Waals surface area contributed by atoms with E-state index in [4.69, 9.17) is 0 Å². The summed E-state index contributed by atoms with van der Waals surface area (Å²) in [6, 6.07) is 12.0. The number of benzene rings is 1. The van der Waals surface area contributed by atoms with Crippen LogP contribution in [-0.4, -0.2) is 15.7 Å². The minimum Gasteiger partial charge on any atom is -0.340 e. The fraction of sp³-hybridized carbons (Fsp3) is 0.200. The number of hydrogen-bond donors (Lipinski definition) is 1. The van der Waals surface area contributed by atoms with Gasteiger partial charge in [-0.1, -0.05) is 36.3 Å². The molecule has 1 aromatic heterocycles. The van der Waals surface area contributed by atoms with E-state index < -0.39 is 0 Å². The van der Waals surface area contributed by atoms with E-state index >= 15 is 0 Å². The first kappa shape index (κ1) is 12.9. The van der Waals surface area contributed by atoms with Gasteiger partial charge in [0.15, 0.2) is 0 Å². The van der Waals surface area contributed by atoms with Gasteiger partial charge in [0.25, 0.3) is 5.91 Å². The second-order valence-corrected chi connectivity index (χ2v) is 4.05. The molecule has 0 fully saturated rings. The third-order valence-corrected chi connectivity index (χ3v) is 2.55. The van der Waals surface area contributed by atoms with Gasteiger partial charge in [0, 0.05) is 6.20 Å². The fourth-order valence-electron chi connectivity index (χ4n) is 1.69. The highest BCUT2D eigenvalue weighted by molar-refractivity contribution is 5.93. The van der Waals surface area contributed by atoms with Gasteiger partial charge in [0.1, 0.15) is 0 Å². The number of nitrogens with zero attached hydrogens (tertiary/aromatic N) is 2. The second kappa shape index (κ2) is 6.41. The highest BCUT2D eigenvalue weighted by Crippen LogP contribution is 2.03. The Hall–Kier alpha value is -2.54. The summed E-state index contributed by atoms with van der Waals surface area (Å²) in [5, 5.41) is 7.08. The molecule has 0 spiro atoms. The number of rotatable bonds is 4. The normalized spacial score (nSPS) is 9.53. The fourth-order valence-corrected chi connectivity index (χ4v) is 1.69. The lowest BCUT2D eigenvalue weighted by atomic mass is 10.2. The molecule has 1 amide bonds. The summed E-state index contributed by atoms with van der Waals surface area (Å²) in [7, 11) is 0. The molecule has 0 saturated carbocycles. The summed E-state index contributed by atoms with van der Waals surface area (Å²) >= 11 is 0. The number of aromatic nitrogens is 2. The van der Waals surface area contributed by atoms with Crippen molar-refractivity contribution in [1.29, 1.82) is 0 Å². The molecule has 4 nitrogen and oxygen atoms in total. The van der Waals surface area contributed by atoms with E-state index in [1.807, 2.05) is 35.1 Å². The Labute approximate surface area is 112 Å². The van der Waals surface area contributed by atoms with Crippen molar-refractivity contribution in [3.8, 4) is 11.8 Å². The van der Waals surface area contributed by atoms with Gasteiger partial charge in [-0.05, 0) is 24.5 Å². The Morgan fingerprint density at radius 2 is 2.11 bits per heavy atom. The molecule has 2 rings (SSSR count). The highest BCUT2D eigenvalue weighted by atomic mass is 16.1. The van der Waals surface area contributed by atoms with Crippen LogP contribution in [0.15, 0.2) is 42.6 Å². The van der Waals surface area contributed by atoms with Crippen LogP contribution in [0.4, 0.5) is 0 Å². The minimum absolute atomic E-state index is 0.278. The summed E-state index contributed by atoms with van der Waals surface area (Å²) in [6.45, 7) is 2.76. The lowest BCUT2D eigenvalue weighted by Crippen LogP contribution is -2.21. The zero-order valence-corrected chi connectivity index (χ0v) is 10.8. The summed E-state index contributed by atoms with van der Waals surface area (Å²) < 4.78 is 1.85. The molecule has 0 aliphatic heterocycles. The maximum absolute atomic E-state index is 11.2. The Morgan fingerprint density at radius 3 is 2.84 bits per heavy atom. The zero-order valence-electron chi connectivity index (χ0n) is 10.8. The van der Waals surface area contributed by atoms with Gasteiger partial charge in [-0.15, -0.1) is 0 Å². The number of hydrogen-bond acceptors (Lipinski definition) is 2. The first-order valence-electron chi connectivity index (χ1n) is 6.05. The van der Waals surface area contributed by atoms with Crippen molar-refractivity contribution in [3.05, 3.63) is 53.9 Å². The van der Waals surface area contributed by atoms with Crippen molar-refractivity contribution in [1.82, 2.24) is 15.1 Å². The average molecular weight is 253 g/mol. The molecule has 2 aromatic rings. The number of amides is 1. The van der Waals surface area contributed by atoms with Crippen molar-refractivity contribution in [3.63, 3.8) is 0 Å². The number of carbonyl (C=O) groups is 1. The molecule has 1 aromatic carbocycles.